The van der Waals surface area contributed by atoms with Gasteiger partial charge in [-0.25, -0.2) is 4.98 Å². The molecule has 1 aromatic carbocycles. The highest BCUT2D eigenvalue weighted by atomic mass is 16.3. The average molecular weight is 245 g/mol. The van der Waals surface area contributed by atoms with Gasteiger partial charge in [0.25, 0.3) is 0 Å². The van der Waals surface area contributed by atoms with E-state index in [0.717, 1.165) is 43.4 Å². The number of benzene rings is 1. The normalized spacial score (nSPS) is 17.2. The number of nitrogens with zero attached hydrogens (tertiary/aromatic N) is 1. The van der Waals surface area contributed by atoms with E-state index < -0.39 is 0 Å². The SMILES string of the molecule is OCC1(CNCCc2ccc3nc[nH]c3c2)CC1. The molecule has 4 heteroatoms. The zero-order valence-corrected chi connectivity index (χ0v) is 10.4. The van der Waals surface area contributed by atoms with Crippen molar-refractivity contribution >= 4 is 11.0 Å². The molecule has 3 N–H and O–H groups in total. The Kier molecular flexibility index (Phi) is 3.06. The Balaban J connectivity index is 1.50. The molecule has 0 atom stereocenters. The molecular formula is C14H19N3O. The van der Waals surface area contributed by atoms with Crippen molar-refractivity contribution in [1.29, 1.82) is 0 Å². The summed E-state index contributed by atoms with van der Waals surface area (Å²) in [6.45, 7) is 2.22. The monoisotopic (exact) mass is 245 g/mol. The Morgan fingerprint density at radius 1 is 1.39 bits per heavy atom. The number of nitrogens with one attached hydrogen (secondary N) is 2. The van der Waals surface area contributed by atoms with Gasteiger partial charge in [-0.2, -0.15) is 0 Å². The Morgan fingerprint density at radius 2 is 2.28 bits per heavy atom. The molecule has 4 nitrogen and oxygen atoms in total. The second-order valence-corrected chi connectivity index (χ2v) is 5.34. The summed E-state index contributed by atoms with van der Waals surface area (Å²) in [6, 6.07) is 6.34. The van der Waals surface area contributed by atoms with Gasteiger partial charge in [0, 0.05) is 18.6 Å². The number of fused-ring (bicyclic) bond motifs is 1. The van der Waals surface area contributed by atoms with Gasteiger partial charge in [0.2, 0.25) is 0 Å². The van der Waals surface area contributed by atoms with E-state index >= 15 is 0 Å². The summed E-state index contributed by atoms with van der Waals surface area (Å²) in [5, 5.41) is 12.7. The smallest absolute Gasteiger partial charge is 0.0931 e. The summed E-state index contributed by atoms with van der Waals surface area (Å²) in [6.07, 6.45) is 5.06. The van der Waals surface area contributed by atoms with Gasteiger partial charge in [0.1, 0.15) is 0 Å². The fourth-order valence-electron chi connectivity index (χ4n) is 2.29. The Morgan fingerprint density at radius 3 is 3.06 bits per heavy atom. The van der Waals surface area contributed by atoms with E-state index in [1.54, 1.807) is 6.33 Å². The molecule has 0 aliphatic heterocycles. The molecule has 0 bridgehead atoms. The van der Waals surface area contributed by atoms with Crippen molar-refractivity contribution in [3.63, 3.8) is 0 Å². The molecular weight excluding hydrogens is 226 g/mol. The fourth-order valence-corrected chi connectivity index (χ4v) is 2.29. The first kappa shape index (κ1) is 11.7. The minimum atomic E-state index is 0.202. The molecule has 0 amide bonds. The first-order valence-corrected chi connectivity index (χ1v) is 6.55. The Labute approximate surface area is 106 Å². The number of imidazole rings is 1. The van der Waals surface area contributed by atoms with Gasteiger partial charge in [0.05, 0.1) is 17.4 Å². The molecule has 0 saturated heterocycles. The highest BCUT2D eigenvalue weighted by Gasteiger charge is 2.41. The second-order valence-electron chi connectivity index (χ2n) is 5.34. The first-order chi connectivity index (χ1) is 8.81. The van der Waals surface area contributed by atoms with Crippen LogP contribution in [0.2, 0.25) is 0 Å². The third-order valence-electron chi connectivity index (χ3n) is 3.87. The molecule has 1 aliphatic carbocycles. The highest BCUT2D eigenvalue weighted by molar-refractivity contribution is 5.75. The minimum Gasteiger partial charge on any atom is -0.396 e. The van der Waals surface area contributed by atoms with Gasteiger partial charge < -0.3 is 15.4 Å². The molecule has 2 aromatic rings. The van der Waals surface area contributed by atoms with Crippen LogP contribution in [0.4, 0.5) is 0 Å². The summed E-state index contributed by atoms with van der Waals surface area (Å²) in [4.78, 5) is 7.34. The summed E-state index contributed by atoms with van der Waals surface area (Å²) in [5.74, 6) is 0. The van der Waals surface area contributed by atoms with Crippen LogP contribution in [0.1, 0.15) is 18.4 Å². The van der Waals surface area contributed by atoms with Crippen molar-refractivity contribution in [2.75, 3.05) is 19.7 Å². The minimum absolute atomic E-state index is 0.202. The third kappa shape index (κ3) is 2.40. The lowest BCUT2D eigenvalue weighted by Gasteiger charge is -2.12. The zero-order chi connectivity index (χ0) is 12.4. The van der Waals surface area contributed by atoms with E-state index in [0.29, 0.717) is 6.61 Å². The quantitative estimate of drug-likeness (QED) is 0.675. The number of aliphatic hydroxyl groups excluding tert-OH is 1. The third-order valence-corrected chi connectivity index (χ3v) is 3.87. The fraction of sp³-hybridized carbons (Fsp3) is 0.500. The summed E-state index contributed by atoms with van der Waals surface area (Å²) in [7, 11) is 0. The molecule has 1 saturated carbocycles. The van der Waals surface area contributed by atoms with E-state index in [2.05, 4.69) is 33.5 Å². The molecule has 0 unspecified atom stereocenters. The van der Waals surface area contributed by atoms with E-state index in [9.17, 15) is 5.11 Å². The van der Waals surface area contributed by atoms with Gasteiger partial charge in [-0.05, 0) is 43.5 Å². The summed E-state index contributed by atoms with van der Waals surface area (Å²) < 4.78 is 0. The number of H-pyrrole nitrogens is 1. The van der Waals surface area contributed by atoms with Crippen LogP contribution in [-0.2, 0) is 6.42 Å². The molecule has 1 fully saturated rings. The number of aliphatic hydroxyl groups is 1. The average Bonchev–Trinajstić information content (AvgIpc) is 3.03. The van der Waals surface area contributed by atoms with E-state index in [1.807, 2.05) is 0 Å². The van der Waals surface area contributed by atoms with Crippen molar-refractivity contribution in [3.8, 4) is 0 Å². The van der Waals surface area contributed by atoms with Gasteiger partial charge in [-0.1, -0.05) is 6.07 Å². The van der Waals surface area contributed by atoms with Crippen LogP contribution >= 0.6 is 0 Å². The molecule has 3 rings (SSSR count). The molecule has 1 aliphatic rings. The number of hydrogen-bond donors (Lipinski definition) is 3. The van der Waals surface area contributed by atoms with Crippen molar-refractivity contribution < 1.29 is 5.11 Å². The molecule has 96 valence electrons. The molecule has 18 heavy (non-hydrogen) atoms. The van der Waals surface area contributed by atoms with Crippen LogP contribution in [0.15, 0.2) is 24.5 Å². The van der Waals surface area contributed by atoms with Gasteiger partial charge in [-0.3, -0.25) is 0 Å². The van der Waals surface area contributed by atoms with Crippen LogP contribution in [0.5, 0.6) is 0 Å². The number of aromatic nitrogens is 2. The van der Waals surface area contributed by atoms with E-state index in [-0.39, 0.29) is 5.41 Å². The lowest BCUT2D eigenvalue weighted by molar-refractivity contribution is 0.208. The van der Waals surface area contributed by atoms with E-state index in [4.69, 9.17) is 0 Å². The predicted octanol–water partition coefficient (Wildman–Crippen LogP) is 1.47. The van der Waals surface area contributed by atoms with Crippen LogP contribution in [0, 0.1) is 5.41 Å². The van der Waals surface area contributed by atoms with Crippen molar-refractivity contribution in [2.24, 2.45) is 5.41 Å². The van der Waals surface area contributed by atoms with Crippen LogP contribution in [-0.4, -0.2) is 34.8 Å². The number of hydrogen-bond acceptors (Lipinski definition) is 3. The zero-order valence-electron chi connectivity index (χ0n) is 10.4. The first-order valence-electron chi connectivity index (χ1n) is 6.55. The van der Waals surface area contributed by atoms with Crippen molar-refractivity contribution in [2.45, 2.75) is 19.3 Å². The molecule has 0 radical (unpaired) electrons. The standard InChI is InChI=1S/C14H19N3O/c18-9-14(4-5-14)8-15-6-3-11-1-2-12-13(7-11)17-10-16-12/h1-2,7,10,15,18H,3-6,8-9H2,(H,16,17). The number of aromatic amines is 1. The molecule has 0 spiro atoms. The van der Waals surface area contributed by atoms with Crippen molar-refractivity contribution in [1.82, 2.24) is 15.3 Å². The second kappa shape index (κ2) is 4.71. The maximum Gasteiger partial charge on any atom is 0.0931 e. The number of rotatable bonds is 6. The Hall–Kier alpha value is -1.39. The van der Waals surface area contributed by atoms with Gasteiger partial charge in [0.15, 0.2) is 0 Å². The van der Waals surface area contributed by atoms with Crippen LogP contribution < -0.4 is 5.32 Å². The lowest BCUT2D eigenvalue weighted by Crippen LogP contribution is -2.28. The molecule has 1 aromatic heterocycles. The predicted molar refractivity (Wildman–Crippen MR) is 71.4 cm³/mol. The molecule has 1 heterocycles. The lowest BCUT2D eigenvalue weighted by atomic mass is 10.1. The van der Waals surface area contributed by atoms with Gasteiger partial charge >= 0.3 is 0 Å². The van der Waals surface area contributed by atoms with Crippen molar-refractivity contribution in [3.05, 3.63) is 30.1 Å². The Bertz CT molecular complexity index is 531. The van der Waals surface area contributed by atoms with Gasteiger partial charge in [-0.15, -0.1) is 0 Å². The maximum absolute atomic E-state index is 9.22. The summed E-state index contributed by atoms with van der Waals surface area (Å²) >= 11 is 0. The topological polar surface area (TPSA) is 60.9 Å². The highest BCUT2D eigenvalue weighted by Crippen LogP contribution is 2.44. The maximum atomic E-state index is 9.22. The largest absolute Gasteiger partial charge is 0.396 e. The van der Waals surface area contributed by atoms with Crippen LogP contribution in [0.3, 0.4) is 0 Å². The van der Waals surface area contributed by atoms with Crippen LogP contribution in [0.25, 0.3) is 11.0 Å². The summed E-state index contributed by atoms with van der Waals surface area (Å²) in [5.41, 5.74) is 3.63. The van der Waals surface area contributed by atoms with E-state index in [1.165, 1.54) is 5.56 Å².